The molecular formula is C21H14BrClN2O2. The maximum absolute atomic E-state index is 6.16. The number of benzene rings is 2. The second-order valence-corrected chi connectivity index (χ2v) is 6.72. The van der Waals surface area contributed by atoms with Crippen LogP contribution in [0.15, 0.2) is 48.7 Å². The largest absolute Gasteiger partial charge is 0.457 e. The van der Waals surface area contributed by atoms with Crippen LogP contribution in [0.4, 0.5) is 0 Å². The number of fused-ring (bicyclic) bond motifs is 3. The van der Waals surface area contributed by atoms with Gasteiger partial charge in [-0.1, -0.05) is 17.7 Å². The zero-order valence-electron chi connectivity index (χ0n) is 14.3. The number of hydrogen-bond acceptors (Lipinski definition) is 3. The molecule has 0 unspecified atom stereocenters. The minimum absolute atomic E-state index is 0.392. The molecule has 0 aliphatic rings. The lowest BCUT2D eigenvalue weighted by Gasteiger charge is -2.10. The van der Waals surface area contributed by atoms with Crippen LogP contribution in [0.3, 0.4) is 0 Å². The SMILES string of the molecule is COCc1c(C#CBr)ncc2[nH]c3cccc(Oc4ccc(Cl)cc4)c3c12. The highest BCUT2D eigenvalue weighted by atomic mass is 79.9. The van der Waals surface area contributed by atoms with Crippen LogP contribution in [-0.4, -0.2) is 17.1 Å². The Morgan fingerprint density at radius 2 is 1.93 bits per heavy atom. The minimum atomic E-state index is 0.392. The van der Waals surface area contributed by atoms with E-state index in [0.717, 1.165) is 33.1 Å². The normalized spacial score (nSPS) is 10.8. The molecule has 1 N–H and O–H groups in total. The van der Waals surface area contributed by atoms with Gasteiger partial charge in [0.1, 0.15) is 17.2 Å². The lowest BCUT2D eigenvalue weighted by atomic mass is 10.1. The van der Waals surface area contributed by atoms with Crippen molar-refractivity contribution in [2.24, 2.45) is 0 Å². The molecule has 2 aromatic heterocycles. The molecule has 4 nitrogen and oxygen atoms in total. The van der Waals surface area contributed by atoms with Crippen LogP contribution in [0.2, 0.25) is 5.02 Å². The van der Waals surface area contributed by atoms with Crippen molar-refractivity contribution in [3.63, 3.8) is 0 Å². The van der Waals surface area contributed by atoms with Gasteiger partial charge in [-0.3, -0.25) is 0 Å². The fraction of sp³-hybridized carbons (Fsp3) is 0.0952. The number of rotatable bonds is 4. The minimum Gasteiger partial charge on any atom is -0.457 e. The fourth-order valence-corrected chi connectivity index (χ4v) is 3.44. The van der Waals surface area contributed by atoms with Crippen LogP contribution in [0, 0.1) is 10.8 Å². The third kappa shape index (κ3) is 3.40. The molecule has 27 heavy (non-hydrogen) atoms. The third-order valence-electron chi connectivity index (χ3n) is 4.22. The monoisotopic (exact) mass is 440 g/mol. The molecule has 2 heterocycles. The van der Waals surface area contributed by atoms with E-state index in [9.17, 15) is 0 Å². The predicted molar refractivity (Wildman–Crippen MR) is 112 cm³/mol. The second kappa shape index (κ2) is 7.61. The number of aromatic nitrogens is 2. The molecule has 2 aromatic carbocycles. The van der Waals surface area contributed by atoms with Crippen LogP contribution in [0.5, 0.6) is 11.5 Å². The van der Waals surface area contributed by atoms with E-state index in [2.05, 4.69) is 36.6 Å². The quantitative estimate of drug-likeness (QED) is 0.394. The molecule has 0 saturated carbocycles. The molecular weight excluding hydrogens is 428 g/mol. The highest BCUT2D eigenvalue weighted by Crippen LogP contribution is 2.38. The molecule has 0 aliphatic carbocycles. The first kappa shape index (κ1) is 17.9. The van der Waals surface area contributed by atoms with E-state index in [1.165, 1.54) is 0 Å². The molecule has 0 spiro atoms. The number of methoxy groups -OCH3 is 1. The molecule has 4 rings (SSSR count). The first-order valence-electron chi connectivity index (χ1n) is 8.17. The van der Waals surface area contributed by atoms with Crippen molar-refractivity contribution in [1.29, 1.82) is 0 Å². The van der Waals surface area contributed by atoms with E-state index in [1.807, 2.05) is 30.3 Å². The van der Waals surface area contributed by atoms with Gasteiger partial charge in [0.15, 0.2) is 0 Å². The Morgan fingerprint density at radius 3 is 2.67 bits per heavy atom. The summed E-state index contributed by atoms with van der Waals surface area (Å²) < 4.78 is 11.6. The van der Waals surface area contributed by atoms with Gasteiger partial charge >= 0.3 is 0 Å². The number of nitrogens with one attached hydrogen (secondary N) is 1. The molecule has 0 fully saturated rings. The highest BCUT2D eigenvalue weighted by molar-refractivity contribution is 9.12. The third-order valence-corrected chi connectivity index (χ3v) is 4.67. The Kier molecular flexibility index (Phi) is 5.04. The number of aromatic amines is 1. The van der Waals surface area contributed by atoms with Crippen LogP contribution in [-0.2, 0) is 11.3 Å². The van der Waals surface area contributed by atoms with Gasteiger partial charge in [-0.2, -0.15) is 0 Å². The van der Waals surface area contributed by atoms with Crippen LogP contribution in [0.1, 0.15) is 11.3 Å². The van der Waals surface area contributed by atoms with Gasteiger partial charge in [0, 0.05) is 39.0 Å². The lowest BCUT2D eigenvalue weighted by molar-refractivity contribution is 0.185. The average Bonchev–Trinajstić information content (AvgIpc) is 3.05. The van der Waals surface area contributed by atoms with Gasteiger partial charge in [-0.25, -0.2) is 4.98 Å². The van der Waals surface area contributed by atoms with Crippen molar-refractivity contribution in [1.82, 2.24) is 9.97 Å². The molecule has 6 heteroatoms. The van der Waals surface area contributed by atoms with Gasteiger partial charge < -0.3 is 14.5 Å². The topological polar surface area (TPSA) is 47.1 Å². The molecule has 0 bridgehead atoms. The van der Waals surface area contributed by atoms with E-state index in [1.54, 1.807) is 25.4 Å². The molecule has 0 saturated heterocycles. The number of H-pyrrole nitrogens is 1. The molecule has 0 atom stereocenters. The fourth-order valence-electron chi connectivity index (χ4n) is 3.12. The maximum Gasteiger partial charge on any atom is 0.137 e. The summed E-state index contributed by atoms with van der Waals surface area (Å²) in [5, 5.41) is 2.63. The molecule has 4 aromatic rings. The van der Waals surface area contributed by atoms with E-state index >= 15 is 0 Å². The summed E-state index contributed by atoms with van der Waals surface area (Å²) in [6.45, 7) is 0.392. The summed E-state index contributed by atoms with van der Waals surface area (Å²) in [5.74, 6) is 4.44. The van der Waals surface area contributed by atoms with E-state index in [0.29, 0.717) is 23.1 Å². The molecule has 0 amide bonds. The van der Waals surface area contributed by atoms with Gasteiger partial charge in [0.25, 0.3) is 0 Å². The Hall–Kier alpha value is -2.52. The number of halogens is 2. The van der Waals surface area contributed by atoms with Crippen molar-refractivity contribution in [2.45, 2.75) is 6.61 Å². The van der Waals surface area contributed by atoms with E-state index in [4.69, 9.17) is 21.1 Å². The summed E-state index contributed by atoms with van der Waals surface area (Å²) in [6, 6.07) is 13.2. The molecule has 134 valence electrons. The van der Waals surface area contributed by atoms with Gasteiger partial charge in [-0.15, -0.1) is 0 Å². The summed E-state index contributed by atoms with van der Waals surface area (Å²) in [6.07, 6.45) is 1.78. The Balaban J connectivity index is 1.98. The van der Waals surface area contributed by atoms with Crippen LogP contribution in [0.25, 0.3) is 21.8 Å². The predicted octanol–water partition coefficient (Wildman–Crippen LogP) is 6.01. The Labute approximate surface area is 169 Å². The summed E-state index contributed by atoms with van der Waals surface area (Å²) in [5.41, 5.74) is 3.45. The summed E-state index contributed by atoms with van der Waals surface area (Å²) >= 11 is 9.13. The van der Waals surface area contributed by atoms with E-state index < -0.39 is 0 Å². The second-order valence-electron chi connectivity index (χ2n) is 5.89. The first-order valence-corrected chi connectivity index (χ1v) is 9.34. The number of nitrogens with zero attached hydrogens (tertiary/aromatic N) is 1. The first-order chi connectivity index (χ1) is 13.2. The van der Waals surface area contributed by atoms with E-state index in [-0.39, 0.29) is 0 Å². The smallest absolute Gasteiger partial charge is 0.137 e. The van der Waals surface area contributed by atoms with Crippen molar-refractivity contribution >= 4 is 49.3 Å². The zero-order chi connectivity index (χ0) is 18.8. The summed E-state index contributed by atoms with van der Waals surface area (Å²) in [4.78, 5) is 10.6. The average molecular weight is 442 g/mol. The number of pyridine rings is 1. The Morgan fingerprint density at radius 1 is 1.11 bits per heavy atom. The highest BCUT2D eigenvalue weighted by Gasteiger charge is 2.17. The van der Waals surface area contributed by atoms with Gasteiger partial charge in [0.2, 0.25) is 0 Å². The lowest BCUT2D eigenvalue weighted by Crippen LogP contribution is -1.97. The number of hydrogen-bond donors (Lipinski definition) is 1. The van der Waals surface area contributed by atoms with Crippen molar-refractivity contribution in [3.8, 4) is 22.2 Å². The van der Waals surface area contributed by atoms with Crippen molar-refractivity contribution in [3.05, 3.63) is 64.9 Å². The van der Waals surface area contributed by atoms with Gasteiger partial charge in [0.05, 0.1) is 29.2 Å². The standard InChI is InChI=1S/C21H14BrClN2O2/c1-26-12-15-16(9-10-22)24-11-18-20(15)21-17(25-18)3-2-4-19(21)27-14-7-5-13(23)6-8-14/h2-8,11,25H,12H2,1H3. The van der Waals surface area contributed by atoms with Crippen LogP contribution >= 0.6 is 27.5 Å². The molecule has 0 radical (unpaired) electrons. The van der Waals surface area contributed by atoms with Gasteiger partial charge in [-0.05, 0) is 47.1 Å². The van der Waals surface area contributed by atoms with Crippen LogP contribution < -0.4 is 4.74 Å². The van der Waals surface area contributed by atoms with Crippen molar-refractivity contribution < 1.29 is 9.47 Å². The number of ether oxygens (including phenoxy) is 2. The maximum atomic E-state index is 6.16. The molecule has 0 aliphatic heterocycles. The zero-order valence-corrected chi connectivity index (χ0v) is 16.7. The van der Waals surface area contributed by atoms with Crippen molar-refractivity contribution in [2.75, 3.05) is 7.11 Å². The summed E-state index contributed by atoms with van der Waals surface area (Å²) in [7, 11) is 1.66. The Bertz CT molecular complexity index is 1190.